The normalized spacial score (nSPS) is 18.1. The van der Waals surface area contributed by atoms with Crippen LogP contribution >= 0.6 is 0 Å². The first-order valence-electron chi connectivity index (χ1n) is 8.10. The fourth-order valence-electron chi connectivity index (χ4n) is 3.80. The summed E-state index contributed by atoms with van der Waals surface area (Å²) in [5.74, 6) is 1.62. The van der Waals surface area contributed by atoms with Gasteiger partial charge in [-0.05, 0) is 61.6 Å². The average Bonchev–Trinajstić information content (AvgIpc) is 2.71. The molecule has 1 heterocycles. The predicted molar refractivity (Wildman–Crippen MR) is 88.5 cm³/mol. The summed E-state index contributed by atoms with van der Waals surface area (Å²) in [6.45, 7) is 9.01. The number of aromatic nitrogens is 2. The zero-order valence-electron chi connectivity index (χ0n) is 13.9. The summed E-state index contributed by atoms with van der Waals surface area (Å²) in [6.07, 6.45) is 3.77. The molecule has 3 rings (SSSR count). The van der Waals surface area contributed by atoms with Gasteiger partial charge < -0.3 is 0 Å². The number of rotatable bonds is 2. The Morgan fingerprint density at radius 2 is 2.00 bits per heavy atom. The summed E-state index contributed by atoms with van der Waals surface area (Å²) in [5, 5.41) is 4.60. The Hall–Kier alpha value is -1.57. The second-order valence-electron chi connectivity index (χ2n) is 6.86. The third-order valence-corrected chi connectivity index (χ3v) is 5.24. The lowest BCUT2D eigenvalue weighted by Gasteiger charge is -2.29. The van der Waals surface area contributed by atoms with E-state index in [1.165, 1.54) is 36.1 Å². The molecule has 1 aromatic carbocycles. The molecule has 2 heteroatoms. The van der Waals surface area contributed by atoms with Gasteiger partial charge >= 0.3 is 0 Å². The van der Waals surface area contributed by atoms with E-state index in [0.29, 0.717) is 0 Å². The molecule has 1 aliphatic carbocycles. The fraction of sp³-hybridized carbons (Fsp3) is 0.526. The molecular weight excluding hydrogens is 256 g/mol. The Kier molecular flexibility index (Phi) is 3.64. The summed E-state index contributed by atoms with van der Waals surface area (Å²) in [7, 11) is 2.04. The monoisotopic (exact) mass is 282 g/mol. The van der Waals surface area contributed by atoms with E-state index in [4.69, 9.17) is 0 Å². The molecule has 0 saturated heterocycles. The van der Waals surface area contributed by atoms with Gasteiger partial charge in [-0.1, -0.05) is 32.0 Å². The van der Waals surface area contributed by atoms with Crippen LogP contribution in [0.15, 0.2) is 18.2 Å². The third kappa shape index (κ3) is 2.41. The largest absolute Gasteiger partial charge is 0.272 e. The highest BCUT2D eigenvalue weighted by Gasteiger charge is 2.24. The molecule has 0 N–H and O–H groups in total. The lowest BCUT2D eigenvalue weighted by atomic mass is 9.76. The Bertz CT molecular complexity index is 664. The molecule has 112 valence electrons. The fourth-order valence-corrected chi connectivity index (χ4v) is 3.80. The van der Waals surface area contributed by atoms with Crippen LogP contribution in [0.1, 0.15) is 42.8 Å². The molecular formula is C19H26N2. The first kappa shape index (κ1) is 14.4. The zero-order valence-corrected chi connectivity index (χ0v) is 13.9. The molecule has 0 radical (unpaired) electrons. The average molecular weight is 282 g/mol. The minimum Gasteiger partial charge on any atom is -0.272 e. The Morgan fingerprint density at radius 1 is 1.24 bits per heavy atom. The summed E-state index contributed by atoms with van der Waals surface area (Å²) in [5.41, 5.74) is 8.30. The summed E-state index contributed by atoms with van der Waals surface area (Å²) in [4.78, 5) is 0. The standard InChI is InChI=1S/C19H26N2/c1-12(2)15-9-10-17-16(11-15)7-6-8-18(17)19-13(3)20-21(5)14(19)4/h6-8,12,15H,9-11H2,1-5H3/t15-/m0/s1. The van der Waals surface area contributed by atoms with Crippen molar-refractivity contribution in [1.29, 1.82) is 0 Å². The quantitative estimate of drug-likeness (QED) is 0.795. The number of nitrogens with zero attached hydrogens (tertiary/aromatic N) is 2. The number of hydrogen-bond acceptors (Lipinski definition) is 1. The van der Waals surface area contributed by atoms with Crippen LogP contribution in [0.5, 0.6) is 0 Å². The predicted octanol–water partition coefficient (Wildman–Crippen LogP) is 4.46. The number of hydrogen-bond donors (Lipinski definition) is 0. The number of benzene rings is 1. The van der Waals surface area contributed by atoms with Gasteiger partial charge in [-0.2, -0.15) is 5.10 Å². The Morgan fingerprint density at radius 3 is 2.62 bits per heavy atom. The lowest BCUT2D eigenvalue weighted by Crippen LogP contribution is -2.19. The summed E-state index contributed by atoms with van der Waals surface area (Å²) >= 11 is 0. The van der Waals surface area contributed by atoms with Crippen LogP contribution in [0.25, 0.3) is 11.1 Å². The van der Waals surface area contributed by atoms with E-state index in [0.717, 1.165) is 17.5 Å². The first-order chi connectivity index (χ1) is 9.99. The van der Waals surface area contributed by atoms with E-state index >= 15 is 0 Å². The molecule has 0 spiro atoms. The molecule has 1 atom stereocenters. The molecule has 21 heavy (non-hydrogen) atoms. The van der Waals surface area contributed by atoms with Crippen molar-refractivity contribution in [3.63, 3.8) is 0 Å². The molecule has 2 aromatic rings. The van der Waals surface area contributed by atoms with Crippen molar-refractivity contribution in [3.8, 4) is 11.1 Å². The van der Waals surface area contributed by atoms with Crippen molar-refractivity contribution in [2.45, 2.75) is 47.0 Å². The molecule has 1 aliphatic rings. The van der Waals surface area contributed by atoms with Crippen molar-refractivity contribution < 1.29 is 0 Å². The topological polar surface area (TPSA) is 17.8 Å². The summed E-state index contributed by atoms with van der Waals surface area (Å²) in [6, 6.07) is 6.84. The van der Waals surface area contributed by atoms with Crippen LogP contribution in [0, 0.1) is 25.7 Å². The van der Waals surface area contributed by atoms with Crippen molar-refractivity contribution in [2.75, 3.05) is 0 Å². The van der Waals surface area contributed by atoms with E-state index in [-0.39, 0.29) is 0 Å². The molecule has 0 saturated carbocycles. The molecule has 0 bridgehead atoms. The van der Waals surface area contributed by atoms with Gasteiger partial charge in [-0.3, -0.25) is 4.68 Å². The van der Waals surface area contributed by atoms with Gasteiger partial charge in [0.15, 0.2) is 0 Å². The SMILES string of the molecule is Cc1nn(C)c(C)c1-c1cccc2c1CC[C@H](C(C)C)C2. The van der Waals surface area contributed by atoms with Crippen LogP contribution in [-0.2, 0) is 19.9 Å². The molecule has 0 unspecified atom stereocenters. The van der Waals surface area contributed by atoms with E-state index in [2.05, 4.69) is 51.0 Å². The van der Waals surface area contributed by atoms with Gasteiger partial charge in [0, 0.05) is 18.3 Å². The van der Waals surface area contributed by atoms with Gasteiger partial charge in [0.05, 0.1) is 5.69 Å². The smallest absolute Gasteiger partial charge is 0.0674 e. The molecule has 1 aromatic heterocycles. The second-order valence-corrected chi connectivity index (χ2v) is 6.86. The minimum absolute atomic E-state index is 0.781. The maximum atomic E-state index is 4.60. The highest BCUT2D eigenvalue weighted by atomic mass is 15.3. The van der Waals surface area contributed by atoms with Gasteiger partial charge in [-0.15, -0.1) is 0 Å². The first-order valence-corrected chi connectivity index (χ1v) is 8.10. The van der Waals surface area contributed by atoms with Crippen molar-refractivity contribution in [1.82, 2.24) is 9.78 Å². The minimum atomic E-state index is 0.781. The van der Waals surface area contributed by atoms with Crippen LogP contribution in [-0.4, -0.2) is 9.78 Å². The Balaban J connectivity index is 2.09. The highest BCUT2D eigenvalue weighted by Crippen LogP contribution is 2.37. The number of aryl methyl sites for hydroxylation is 2. The van der Waals surface area contributed by atoms with Crippen molar-refractivity contribution >= 4 is 0 Å². The van der Waals surface area contributed by atoms with E-state index < -0.39 is 0 Å². The second kappa shape index (κ2) is 5.32. The van der Waals surface area contributed by atoms with Crippen LogP contribution in [0.3, 0.4) is 0 Å². The van der Waals surface area contributed by atoms with E-state index in [1.54, 1.807) is 11.1 Å². The van der Waals surface area contributed by atoms with Gasteiger partial charge in [-0.25, -0.2) is 0 Å². The maximum Gasteiger partial charge on any atom is 0.0674 e. The van der Waals surface area contributed by atoms with Crippen LogP contribution in [0.2, 0.25) is 0 Å². The zero-order chi connectivity index (χ0) is 15.1. The molecule has 2 nitrogen and oxygen atoms in total. The van der Waals surface area contributed by atoms with Gasteiger partial charge in [0.1, 0.15) is 0 Å². The van der Waals surface area contributed by atoms with Gasteiger partial charge in [0.25, 0.3) is 0 Å². The maximum absolute atomic E-state index is 4.60. The van der Waals surface area contributed by atoms with Crippen LogP contribution < -0.4 is 0 Å². The van der Waals surface area contributed by atoms with Crippen LogP contribution in [0.4, 0.5) is 0 Å². The highest BCUT2D eigenvalue weighted by molar-refractivity contribution is 5.73. The molecule has 0 aliphatic heterocycles. The third-order valence-electron chi connectivity index (χ3n) is 5.24. The van der Waals surface area contributed by atoms with Crippen molar-refractivity contribution in [2.24, 2.45) is 18.9 Å². The Labute approximate surface area is 128 Å². The summed E-state index contributed by atoms with van der Waals surface area (Å²) < 4.78 is 2.00. The number of fused-ring (bicyclic) bond motifs is 1. The van der Waals surface area contributed by atoms with Crippen molar-refractivity contribution in [3.05, 3.63) is 40.7 Å². The molecule has 0 amide bonds. The van der Waals surface area contributed by atoms with E-state index in [9.17, 15) is 0 Å². The van der Waals surface area contributed by atoms with Gasteiger partial charge in [0.2, 0.25) is 0 Å². The lowest BCUT2D eigenvalue weighted by molar-refractivity contribution is 0.343. The molecule has 0 fully saturated rings. The van der Waals surface area contributed by atoms with E-state index in [1.807, 2.05) is 11.7 Å².